The Kier molecular flexibility index (Phi) is 18.2. The second-order valence-electron chi connectivity index (χ2n) is 9.30. The van der Waals surface area contributed by atoms with Gasteiger partial charge in [-0.1, -0.05) is 32.6 Å². The highest BCUT2D eigenvalue weighted by atomic mass is 16.6. The van der Waals surface area contributed by atoms with Gasteiger partial charge in [0.25, 0.3) is 0 Å². The van der Waals surface area contributed by atoms with Gasteiger partial charge >= 0.3 is 12.1 Å². The molecule has 0 aromatic rings. The van der Waals surface area contributed by atoms with Gasteiger partial charge in [0.2, 0.25) is 5.91 Å². The summed E-state index contributed by atoms with van der Waals surface area (Å²) < 4.78 is 32.0. The molecule has 0 bridgehead atoms. The van der Waals surface area contributed by atoms with Crippen LogP contribution in [0.1, 0.15) is 40.0 Å². The van der Waals surface area contributed by atoms with Crippen LogP contribution in [0, 0.1) is 30.1 Å². The Balaban J connectivity index is 2.49. The molecule has 1 saturated carbocycles. The third kappa shape index (κ3) is 13.0. The lowest BCUT2D eigenvalue weighted by molar-refractivity contribution is -0.149. The highest BCUT2D eigenvalue weighted by Gasteiger charge is 2.52. The number of carbonyl (C=O) groups excluding carboxylic acids is 3. The lowest BCUT2D eigenvalue weighted by Crippen LogP contribution is -2.53. The van der Waals surface area contributed by atoms with Crippen molar-refractivity contribution in [3.05, 3.63) is 0 Å². The van der Waals surface area contributed by atoms with E-state index in [2.05, 4.69) is 16.6 Å². The number of nitrogens with one attached hydrogen (secondary N) is 2. The molecule has 12 nitrogen and oxygen atoms in total. The first-order valence-corrected chi connectivity index (χ1v) is 13.6. The Hall–Kier alpha value is -2.43. The van der Waals surface area contributed by atoms with Gasteiger partial charge in [-0.3, -0.25) is 9.59 Å². The molecule has 39 heavy (non-hydrogen) atoms. The van der Waals surface area contributed by atoms with E-state index < -0.39 is 36.0 Å². The van der Waals surface area contributed by atoms with E-state index in [9.17, 15) is 14.4 Å². The molecule has 0 radical (unpaired) electrons. The van der Waals surface area contributed by atoms with Gasteiger partial charge in [-0.2, -0.15) is 0 Å². The van der Waals surface area contributed by atoms with E-state index in [-0.39, 0.29) is 37.6 Å². The van der Waals surface area contributed by atoms with Gasteiger partial charge in [-0.25, -0.2) is 4.79 Å². The van der Waals surface area contributed by atoms with Crippen LogP contribution in [-0.2, 0) is 38.0 Å². The molecular formula is C27H47N3O9. The zero-order valence-electron chi connectivity index (χ0n) is 23.8. The standard InChI is InChI=1S/C27H47N3O9/c1-6-10-35-12-14-37-16-17-38-15-13-36-11-9-29-27(33)39-25-21(26(32)34-5)18-22(28)23(25)24(30-19(4)31)20(7-2)8-3/h1,20-25H,7-18,28H2,2-5H3,(H,29,33)(H,30,31)/t21-,22+,23+,24-,25+/m0/s1. The third-order valence-electron chi connectivity index (χ3n) is 6.70. The lowest BCUT2D eigenvalue weighted by Gasteiger charge is -2.36. The van der Waals surface area contributed by atoms with E-state index in [4.69, 9.17) is 40.6 Å². The summed E-state index contributed by atoms with van der Waals surface area (Å²) in [6.07, 6.45) is 5.42. The second kappa shape index (κ2) is 20.5. The summed E-state index contributed by atoms with van der Waals surface area (Å²) in [5.74, 6) is 0.611. The van der Waals surface area contributed by atoms with Crippen LogP contribution in [0.3, 0.4) is 0 Å². The van der Waals surface area contributed by atoms with E-state index >= 15 is 0 Å². The minimum Gasteiger partial charge on any atom is -0.469 e. The van der Waals surface area contributed by atoms with Crippen molar-refractivity contribution in [3.8, 4) is 12.3 Å². The molecule has 4 N–H and O–H groups in total. The number of esters is 1. The van der Waals surface area contributed by atoms with Crippen LogP contribution in [0.5, 0.6) is 0 Å². The Morgan fingerprint density at radius 3 is 2.05 bits per heavy atom. The topological polar surface area (TPSA) is 157 Å². The van der Waals surface area contributed by atoms with Crippen molar-refractivity contribution >= 4 is 18.0 Å². The van der Waals surface area contributed by atoms with Crippen molar-refractivity contribution in [2.45, 2.75) is 58.2 Å². The summed E-state index contributed by atoms with van der Waals surface area (Å²) in [6.45, 7) is 8.69. The molecule has 0 aliphatic heterocycles. The van der Waals surface area contributed by atoms with Gasteiger partial charge < -0.3 is 44.8 Å². The van der Waals surface area contributed by atoms with Crippen molar-refractivity contribution in [2.75, 3.05) is 66.5 Å². The fourth-order valence-electron chi connectivity index (χ4n) is 4.85. The highest BCUT2D eigenvalue weighted by molar-refractivity contribution is 5.76. The summed E-state index contributed by atoms with van der Waals surface area (Å²) >= 11 is 0. The highest BCUT2D eigenvalue weighted by Crippen LogP contribution is 2.39. The molecule has 1 aliphatic rings. The Bertz CT molecular complexity index is 757. The van der Waals surface area contributed by atoms with Crippen molar-refractivity contribution in [3.63, 3.8) is 0 Å². The maximum Gasteiger partial charge on any atom is 0.407 e. The van der Waals surface area contributed by atoms with Gasteiger partial charge in [0.1, 0.15) is 12.7 Å². The van der Waals surface area contributed by atoms with Crippen LogP contribution in [0.25, 0.3) is 0 Å². The van der Waals surface area contributed by atoms with Crippen molar-refractivity contribution in [2.24, 2.45) is 23.5 Å². The minimum absolute atomic E-state index is 0.102. The average molecular weight is 558 g/mol. The summed E-state index contributed by atoms with van der Waals surface area (Å²) in [5.41, 5.74) is 6.46. The number of alkyl carbamates (subject to hydrolysis) is 1. The number of methoxy groups -OCH3 is 1. The van der Waals surface area contributed by atoms with Crippen LogP contribution in [0.15, 0.2) is 0 Å². The van der Waals surface area contributed by atoms with Crippen LogP contribution in [0.2, 0.25) is 0 Å². The maximum absolute atomic E-state index is 12.7. The normalized spacial score (nSPS) is 21.3. The van der Waals surface area contributed by atoms with Gasteiger partial charge in [0.05, 0.1) is 59.3 Å². The molecule has 12 heteroatoms. The third-order valence-corrected chi connectivity index (χ3v) is 6.70. The first-order chi connectivity index (χ1) is 18.8. The molecule has 2 amide bonds. The average Bonchev–Trinajstić information content (AvgIpc) is 3.23. The lowest BCUT2D eigenvalue weighted by atomic mass is 9.80. The molecule has 1 rings (SSSR count). The molecule has 0 saturated heterocycles. The molecule has 0 aromatic carbocycles. The minimum atomic E-state index is -0.842. The van der Waals surface area contributed by atoms with Gasteiger partial charge in [-0.05, 0) is 12.3 Å². The molecule has 1 fully saturated rings. The molecule has 0 heterocycles. The number of hydrogen-bond donors (Lipinski definition) is 3. The molecule has 0 unspecified atom stereocenters. The number of rotatable bonds is 20. The quantitative estimate of drug-likeness (QED) is 0.111. The fourth-order valence-corrected chi connectivity index (χ4v) is 4.85. The maximum atomic E-state index is 12.7. The first kappa shape index (κ1) is 34.6. The molecule has 0 aromatic heterocycles. The second-order valence-corrected chi connectivity index (χ2v) is 9.30. The van der Waals surface area contributed by atoms with Crippen molar-refractivity contribution in [1.29, 1.82) is 0 Å². The van der Waals surface area contributed by atoms with Gasteiger partial charge in [-0.15, -0.1) is 6.42 Å². The van der Waals surface area contributed by atoms with Crippen LogP contribution >= 0.6 is 0 Å². The molecule has 1 aliphatic carbocycles. The number of ether oxygens (including phenoxy) is 6. The molecule has 224 valence electrons. The van der Waals surface area contributed by atoms with E-state index in [0.717, 1.165) is 12.8 Å². The molecule has 5 atom stereocenters. The van der Waals surface area contributed by atoms with Crippen molar-refractivity contribution in [1.82, 2.24) is 10.6 Å². The number of terminal acetylenes is 1. The molecule has 0 spiro atoms. The monoisotopic (exact) mass is 557 g/mol. The summed E-state index contributed by atoms with van der Waals surface area (Å²) in [6, 6.07) is -0.810. The largest absolute Gasteiger partial charge is 0.469 e. The smallest absolute Gasteiger partial charge is 0.407 e. The Labute approximate surface area is 232 Å². The van der Waals surface area contributed by atoms with Crippen LogP contribution in [0.4, 0.5) is 4.79 Å². The SMILES string of the molecule is C#CCOCCOCCOCCOCCNC(=O)O[C@H]1[C@@H]([C@@H](NC(C)=O)C(CC)CC)[C@H](N)C[C@@H]1C(=O)OC. The summed E-state index contributed by atoms with van der Waals surface area (Å²) in [4.78, 5) is 37.2. The zero-order chi connectivity index (χ0) is 29.0. The number of nitrogens with two attached hydrogens (primary N) is 1. The Morgan fingerprint density at radius 1 is 0.974 bits per heavy atom. The number of amides is 2. The van der Waals surface area contributed by atoms with Crippen molar-refractivity contribution < 1.29 is 42.8 Å². The first-order valence-electron chi connectivity index (χ1n) is 13.6. The van der Waals surface area contributed by atoms with E-state index in [0.29, 0.717) is 46.1 Å². The number of hydrogen-bond acceptors (Lipinski definition) is 10. The van der Waals surface area contributed by atoms with E-state index in [1.807, 2.05) is 13.8 Å². The van der Waals surface area contributed by atoms with Crippen LogP contribution in [-0.4, -0.2) is 103 Å². The van der Waals surface area contributed by atoms with Gasteiger partial charge in [0, 0.05) is 31.5 Å². The predicted octanol–water partition coefficient (Wildman–Crippen LogP) is 0.858. The number of carbonyl (C=O) groups is 3. The predicted molar refractivity (Wildman–Crippen MR) is 144 cm³/mol. The fraction of sp³-hybridized carbons (Fsp3) is 0.815. The Morgan fingerprint density at radius 2 is 1.54 bits per heavy atom. The van der Waals surface area contributed by atoms with Gasteiger partial charge in [0.15, 0.2) is 0 Å². The summed E-state index contributed by atoms with van der Waals surface area (Å²) in [7, 11) is 1.29. The van der Waals surface area contributed by atoms with E-state index in [1.54, 1.807) is 0 Å². The van der Waals surface area contributed by atoms with E-state index in [1.165, 1.54) is 14.0 Å². The summed E-state index contributed by atoms with van der Waals surface area (Å²) in [5, 5.41) is 5.65. The zero-order valence-corrected chi connectivity index (χ0v) is 23.8. The van der Waals surface area contributed by atoms with Crippen LogP contribution < -0.4 is 16.4 Å². The molecular weight excluding hydrogens is 510 g/mol.